The number of aliphatic carboxylic acids is 1. The number of carbonyl (C=O) groups is 4. The molecule has 14 nitrogen and oxygen atoms in total. The van der Waals surface area contributed by atoms with Gasteiger partial charge in [0, 0.05) is 42.4 Å². The van der Waals surface area contributed by atoms with Gasteiger partial charge in [0.2, 0.25) is 11.8 Å². The van der Waals surface area contributed by atoms with Crippen LogP contribution >= 0.6 is 0 Å². The molecular formula is C37H45N7O7. The number of benzene rings is 1. The Kier molecular flexibility index (Phi) is 10.1. The molecule has 3 amide bonds. The number of pyridine rings is 1. The van der Waals surface area contributed by atoms with E-state index in [1.165, 1.54) is 9.70 Å². The molecule has 1 saturated heterocycles. The summed E-state index contributed by atoms with van der Waals surface area (Å²) < 4.78 is 10.8. The van der Waals surface area contributed by atoms with Crippen LogP contribution in [0, 0.1) is 5.92 Å². The molecule has 0 spiro atoms. The molecule has 1 aromatic carbocycles. The van der Waals surface area contributed by atoms with Crippen molar-refractivity contribution >= 4 is 23.9 Å². The highest BCUT2D eigenvalue weighted by molar-refractivity contribution is 5.96. The fourth-order valence-corrected chi connectivity index (χ4v) is 6.82. The van der Waals surface area contributed by atoms with E-state index in [1.807, 2.05) is 42.5 Å². The first-order valence-corrected chi connectivity index (χ1v) is 17.4. The Morgan fingerprint density at radius 2 is 1.78 bits per heavy atom. The SMILES string of the molecule is COc1ccc(-c2nn([C@H]3C[C@H]4C(=O)N[C@@]5(C(=O)O)C[C@@H]5/C=C\CCCCC[C@@H](NC(=O)OC(C)(C)C)C(=O)N4C3)nc2-c2cccnc2)cc1. The summed E-state index contributed by atoms with van der Waals surface area (Å²) in [5.74, 6) is -1.83. The van der Waals surface area contributed by atoms with Gasteiger partial charge < -0.3 is 30.1 Å². The number of allylic oxidation sites excluding steroid dienone is 1. The molecule has 6 rings (SSSR count). The number of fused-ring (bicyclic) bond motifs is 2. The molecule has 3 aromatic rings. The van der Waals surface area contributed by atoms with Crippen molar-refractivity contribution in [2.75, 3.05) is 13.7 Å². The molecule has 0 radical (unpaired) electrons. The van der Waals surface area contributed by atoms with Crippen LogP contribution in [0.3, 0.4) is 0 Å². The molecule has 51 heavy (non-hydrogen) atoms. The number of hydrogen-bond donors (Lipinski definition) is 3. The Labute approximate surface area is 296 Å². The Bertz CT molecular complexity index is 1790. The fourth-order valence-electron chi connectivity index (χ4n) is 6.82. The number of carboxylic acids is 1. The van der Waals surface area contributed by atoms with Crippen LogP contribution in [0.25, 0.3) is 22.5 Å². The van der Waals surface area contributed by atoms with Gasteiger partial charge in [-0.05, 0) is 82.9 Å². The minimum absolute atomic E-state index is 0.0516. The normalized spacial score (nSPS) is 26.1. The first kappa shape index (κ1) is 35.6. The van der Waals surface area contributed by atoms with Gasteiger partial charge in [0.05, 0.1) is 13.2 Å². The predicted molar refractivity (Wildman–Crippen MR) is 186 cm³/mol. The van der Waals surface area contributed by atoms with Crippen LogP contribution in [0.5, 0.6) is 5.75 Å². The molecule has 2 aliphatic heterocycles. The first-order valence-electron chi connectivity index (χ1n) is 17.4. The molecule has 1 saturated carbocycles. The van der Waals surface area contributed by atoms with Crippen LogP contribution in [0.4, 0.5) is 4.79 Å². The lowest BCUT2D eigenvalue weighted by atomic mass is 10.0. The maximum Gasteiger partial charge on any atom is 0.408 e. The summed E-state index contributed by atoms with van der Waals surface area (Å²) in [6.07, 6.45) is 10.2. The number of carbonyl (C=O) groups excluding carboxylic acids is 3. The number of amides is 3. The van der Waals surface area contributed by atoms with Crippen LogP contribution in [0.2, 0.25) is 0 Å². The summed E-state index contributed by atoms with van der Waals surface area (Å²) in [5.41, 5.74) is 0.414. The third-order valence-corrected chi connectivity index (χ3v) is 9.58. The molecule has 2 fully saturated rings. The molecule has 1 aliphatic carbocycles. The number of rotatable bonds is 6. The Balaban J connectivity index is 1.37. The number of nitrogens with zero attached hydrogens (tertiary/aromatic N) is 5. The fraction of sp³-hybridized carbons (Fsp3) is 0.486. The van der Waals surface area contributed by atoms with Crippen LogP contribution in [-0.4, -0.2) is 90.7 Å². The number of aromatic nitrogens is 4. The van der Waals surface area contributed by atoms with Gasteiger partial charge >= 0.3 is 12.1 Å². The van der Waals surface area contributed by atoms with Gasteiger partial charge in [0.15, 0.2) is 0 Å². The lowest BCUT2D eigenvalue weighted by molar-refractivity contribution is -0.145. The van der Waals surface area contributed by atoms with Gasteiger partial charge in [-0.25, -0.2) is 9.59 Å². The highest BCUT2D eigenvalue weighted by atomic mass is 16.6. The van der Waals surface area contributed by atoms with Gasteiger partial charge in [0.1, 0.15) is 40.4 Å². The van der Waals surface area contributed by atoms with E-state index in [1.54, 1.807) is 46.3 Å². The summed E-state index contributed by atoms with van der Waals surface area (Å²) in [7, 11) is 1.59. The minimum atomic E-state index is -1.45. The van der Waals surface area contributed by atoms with Crippen molar-refractivity contribution in [3.05, 3.63) is 60.9 Å². The number of nitrogens with one attached hydrogen (secondary N) is 2. The molecule has 3 aliphatic rings. The largest absolute Gasteiger partial charge is 0.497 e. The van der Waals surface area contributed by atoms with Gasteiger partial charge in [0.25, 0.3) is 0 Å². The Morgan fingerprint density at radius 1 is 1.04 bits per heavy atom. The summed E-state index contributed by atoms with van der Waals surface area (Å²) in [5, 5.41) is 25.6. The molecule has 0 unspecified atom stereocenters. The van der Waals surface area contributed by atoms with E-state index in [0.29, 0.717) is 30.0 Å². The number of carboxylic acid groups (broad SMARTS) is 1. The lowest BCUT2D eigenvalue weighted by Gasteiger charge is -2.30. The number of ether oxygens (including phenoxy) is 2. The van der Waals surface area contributed by atoms with Crippen molar-refractivity contribution in [1.82, 2.24) is 35.5 Å². The van der Waals surface area contributed by atoms with E-state index in [0.717, 1.165) is 30.4 Å². The van der Waals surface area contributed by atoms with Crippen LogP contribution in [0.15, 0.2) is 60.9 Å². The summed E-state index contributed by atoms with van der Waals surface area (Å²) in [4.78, 5) is 61.3. The van der Waals surface area contributed by atoms with E-state index in [9.17, 15) is 24.3 Å². The highest BCUT2D eigenvalue weighted by Crippen LogP contribution is 2.45. The average molecular weight is 700 g/mol. The Hall–Kier alpha value is -5.27. The van der Waals surface area contributed by atoms with Crippen molar-refractivity contribution in [3.63, 3.8) is 0 Å². The average Bonchev–Trinajstić information content (AvgIpc) is 3.40. The zero-order valence-electron chi connectivity index (χ0n) is 29.4. The maximum atomic E-state index is 14.4. The quantitative estimate of drug-likeness (QED) is 0.310. The van der Waals surface area contributed by atoms with E-state index in [-0.39, 0.29) is 25.3 Å². The zero-order valence-corrected chi connectivity index (χ0v) is 29.4. The second kappa shape index (κ2) is 14.5. The maximum absolute atomic E-state index is 14.4. The topological polar surface area (TPSA) is 178 Å². The van der Waals surface area contributed by atoms with Crippen molar-refractivity contribution in [3.8, 4) is 28.3 Å². The second-order valence-corrected chi connectivity index (χ2v) is 14.4. The number of alkyl carbamates (subject to hydrolysis) is 1. The van der Waals surface area contributed by atoms with Crippen molar-refractivity contribution in [2.24, 2.45) is 5.92 Å². The summed E-state index contributed by atoms with van der Waals surface area (Å²) >= 11 is 0. The van der Waals surface area contributed by atoms with E-state index in [4.69, 9.17) is 19.7 Å². The van der Waals surface area contributed by atoms with Crippen LogP contribution < -0.4 is 15.4 Å². The Morgan fingerprint density at radius 3 is 2.45 bits per heavy atom. The van der Waals surface area contributed by atoms with Gasteiger partial charge in [-0.3, -0.25) is 14.6 Å². The minimum Gasteiger partial charge on any atom is -0.497 e. The molecule has 5 atom stereocenters. The molecule has 270 valence electrons. The third-order valence-electron chi connectivity index (χ3n) is 9.58. The van der Waals surface area contributed by atoms with Crippen molar-refractivity contribution < 1.29 is 33.8 Å². The number of methoxy groups -OCH3 is 1. The second-order valence-electron chi connectivity index (χ2n) is 14.4. The molecule has 4 heterocycles. The van der Waals surface area contributed by atoms with Crippen molar-refractivity contribution in [2.45, 2.75) is 95.0 Å². The highest BCUT2D eigenvalue weighted by Gasteiger charge is 2.61. The molecular weight excluding hydrogens is 654 g/mol. The van der Waals surface area contributed by atoms with Gasteiger partial charge in [-0.2, -0.15) is 15.0 Å². The smallest absolute Gasteiger partial charge is 0.408 e. The first-order chi connectivity index (χ1) is 24.4. The van der Waals surface area contributed by atoms with Gasteiger partial charge in [-0.1, -0.05) is 25.0 Å². The van der Waals surface area contributed by atoms with Gasteiger partial charge in [-0.15, -0.1) is 0 Å². The van der Waals surface area contributed by atoms with Crippen molar-refractivity contribution in [1.29, 1.82) is 0 Å². The van der Waals surface area contributed by atoms with Crippen LogP contribution in [-0.2, 0) is 19.1 Å². The lowest BCUT2D eigenvalue weighted by Crippen LogP contribution is -2.56. The standard InChI is InChI=1S/C37H45N7O7/c1-36(2,3)51-35(49)39-28-13-9-7-5-6-8-12-25-20-37(25,34(47)48)40-32(45)29-19-26(22-43(29)33(28)46)44-41-30(23-14-16-27(50-4)17-15-23)31(42-44)24-11-10-18-38-21-24/h8,10-12,14-18,21,25-26,28-29H,5-7,9,13,19-20,22H2,1-4H3,(H,39,49)(H,40,45)(H,47,48)/b12-8-/t25-,26-,28+,29-,37-/m0/s1. The zero-order chi connectivity index (χ0) is 36.3. The van der Waals surface area contributed by atoms with E-state index >= 15 is 0 Å². The van der Waals surface area contributed by atoms with E-state index in [2.05, 4.69) is 15.6 Å². The molecule has 2 aromatic heterocycles. The summed E-state index contributed by atoms with van der Waals surface area (Å²) in [6, 6.07) is 8.52. The molecule has 3 N–H and O–H groups in total. The van der Waals surface area contributed by atoms with Crippen LogP contribution in [0.1, 0.15) is 71.8 Å². The predicted octanol–water partition coefficient (Wildman–Crippen LogP) is 4.53. The monoisotopic (exact) mass is 699 g/mol. The molecule has 14 heteroatoms. The molecule has 0 bridgehead atoms. The number of hydrogen-bond acceptors (Lipinski definition) is 9. The third kappa shape index (κ3) is 7.89. The van der Waals surface area contributed by atoms with E-state index < -0.39 is 53.1 Å². The summed E-state index contributed by atoms with van der Waals surface area (Å²) in [6.45, 7) is 5.27.